The lowest BCUT2D eigenvalue weighted by Crippen LogP contribution is -2.37. The number of methoxy groups -OCH3 is 1. The first-order valence-electron chi connectivity index (χ1n) is 9.09. The molecule has 28 heavy (non-hydrogen) atoms. The second-order valence-electron chi connectivity index (χ2n) is 6.89. The zero-order valence-electron chi connectivity index (χ0n) is 15.7. The van der Waals surface area contributed by atoms with Crippen LogP contribution < -0.4 is 9.64 Å². The van der Waals surface area contributed by atoms with Crippen LogP contribution in [0.15, 0.2) is 6.07 Å². The number of halogens is 2. The van der Waals surface area contributed by atoms with Gasteiger partial charge in [0.1, 0.15) is 23.2 Å². The van der Waals surface area contributed by atoms with E-state index in [4.69, 9.17) is 37.7 Å². The van der Waals surface area contributed by atoms with Crippen LogP contribution in [0, 0.1) is 0 Å². The number of benzene rings is 1. The van der Waals surface area contributed by atoms with Crippen molar-refractivity contribution in [2.45, 2.75) is 19.5 Å². The minimum atomic E-state index is -0.535. The van der Waals surface area contributed by atoms with Crippen molar-refractivity contribution in [2.24, 2.45) is 0 Å². The van der Waals surface area contributed by atoms with Crippen molar-refractivity contribution in [3.05, 3.63) is 27.2 Å². The molecule has 0 saturated carbocycles. The summed E-state index contributed by atoms with van der Waals surface area (Å²) in [6.45, 7) is 4.42. The summed E-state index contributed by atoms with van der Waals surface area (Å²) in [6.07, 6.45) is 0. The molecule has 0 spiro atoms. The lowest BCUT2D eigenvalue weighted by atomic mass is 9.99. The van der Waals surface area contributed by atoms with Gasteiger partial charge in [0.05, 0.1) is 43.4 Å². The molecule has 0 unspecified atom stereocenters. The lowest BCUT2D eigenvalue weighted by molar-refractivity contribution is -0.136. The Kier molecular flexibility index (Phi) is 5.26. The van der Waals surface area contributed by atoms with Gasteiger partial charge in [0.25, 0.3) is 0 Å². The van der Waals surface area contributed by atoms with Gasteiger partial charge in [0.2, 0.25) is 5.91 Å². The average Bonchev–Trinajstić information content (AvgIpc) is 3.07. The molecular weight excluding hydrogens is 405 g/mol. The van der Waals surface area contributed by atoms with Gasteiger partial charge in [-0.2, -0.15) is 0 Å². The first-order chi connectivity index (χ1) is 13.5. The molecule has 1 atom stereocenters. The van der Waals surface area contributed by atoms with E-state index in [1.165, 1.54) is 7.11 Å². The highest BCUT2D eigenvalue weighted by Gasteiger charge is 2.36. The summed E-state index contributed by atoms with van der Waals surface area (Å²) in [6, 6.07) is 1.59. The summed E-state index contributed by atoms with van der Waals surface area (Å²) < 4.78 is 10.8. The zero-order valence-corrected chi connectivity index (χ0v) is 17.2. The summed E-state index contributed by atoms with van der Waals surface area (Å²) in [5.41, 5.74) is 2.51. The number of aliphatic hydroxyl groups excluding tert-OH is 1. The van der Waals surface area contributed by atoms with Crippen LogP contribution >= 0.6 is 23.2 Å². The maximum atomic E-state index is 12.3. The Labute approximate surface area is 172 Å². The fourth-order valence-electron chi connectivity index (χ4n) is 4.04. The molecule has 1 aromatic carbocycles. The fourth-order valence-corrected chi connectivity index (χ4v) is 4.50. The maximum absolute atomic E-state index is 12.3. The predicted molar refractivity (Wildman–Crippen MR) is 107 cm³/mol. The Bertz CT molecular complexity index is 947. The van der Waals surface area contributed by atoms with E-state index in [1.807, 2.05) is 13.0 Å². The standard InChI is InChI=1S/C19H21Cl2N3O4/c1-10-15-11-7-13(27-2)16(20)17(21)18(11)22-19(23-3-5-28-6-4-23)12(15)8-24(10)14(26)9-25/h7,10,25H,3-6,8-9H2,1-2H3/t10-/m0/s1. The molecule has 2 aliphatic rings. The van der Waals surface area contributed by atoms with Crippen molar-refractivity contribution in [1.82, 2.24) is 9.88 Å². The van der Waals surface area contributed by atoms with Crippen LogP contribution in [0.2, 0.25) is 10.0 Å². The molecule has 150 valence electrons. The Hall–Kier alpha value is -1.80. The summed E-state index contributed by atoms with van der Waals surface area (Å²) in [4.78, 5) is 21.0. The van der Waals surface area contributed by atoms with E-state index >= 15 is 0 Å². The third-order valence-corrected chi connectivity index (χ3v) is 6.29. The van der Waals surface area contributed by atoms with Gasteiger partial charge < -0.3 is 24.4 Å². The largest absolute Gasteiger partial charge is 0.495 e. The zero-order chi connectivity index (χ0) is 20.0. The van der Waals surface area contributed by atoms with Crippen molar-refractivity contribution in [3.8, 4) is 5.75 Å². The van der Waals surface area contributed by atoms with Crippen LogP contribution in [0.3, 0.4) is 0 Å². The lowest BCUT2D eigenvalue weighted by Gasteiger charge is -2.30. The molecule has 0 bridgehead atoms. The molecule has 9 heteroatoms. The van der Waals surface area contributed by atoms with Gasteiger partial charge in [-0.05, 0) is 18.6 Å². The first kappa shape index (κ1) is 19.5. The minimum Gasteiger partial charge on any atom is -0.495 e. The number of anilines is 1. The van der Waals surface area contributed by atoms with E-state index in [1.54, 1.807) is 4.90 Å². The van der Waals surface area contributed by atoms with Crippen LogP contribution in [0.25, 0.3) is 10.9 Å². The second kappa shape index (κ2) is 7.55. The number of nitrogens with zero attached hydrogens (tertiary/aromatic N) is 3. The van der Waals surface area contributed by atoms with E-state index in [9.17, 15) is 9.90 Å². The number of amides is 1. The van der Waals surface area contributed by atoms with Crippen LogP contribution in [-0.2, 0) is 16.1 Å². The summed E-state index contributed by atoms with van der Waals surface area (Å²) >= 11 is 12.9. The Morgan fingerprint density at radius 1 is 1.36 bits per heavy atom. The van der Waals surface area contributed by atoms with Gasteiger partial charge in [-0.25, -0.2) is 4.98 Å². The third kappa shape index (κ3) is 2.97. The Morgan fingerprint density at radius 2 is 2.07 bits per heavy atom. The van der Waals surface area contributed by atoms with Crippen LogP contribution in [-0.4, -0.2) is 60.9 Å². The number of aromatic nitrogens is 1. The number of aliphatic hydroxyl groups is 1. The molecule has 0 aliphatic carbocycles. The van der Waals surface area contributed by atoms with E-state index in [0.29, 0.717) is 54.2 Å². The van der Waals surface area contributed by atoms with Crippen LogP contribution in [0.4, 0.5) is 5.82 Å². The molecule has 1 aromatic heterocycles. The van der Waals surface area contributed by atoms with Crippen molar-refractivity contribution in [2.75, 3.05) is 44.9 Å². The monoisotopic (exact) mass is 425 g/mol. The van der Waals surface area contributed by atoms with Gasteiger partial charge in [-0.3, -0.25) is 4.79 Å². The fraction of sp³-hybridized carbons (Fsp3) is 0.474. The Balaban J connectivity index is 1.99. The molecule has 1 fully saturated rings. The van der Waals surface area contributed by atoms with E-state index in [0.717, 1.165) is 22.3 Å². The molecule has 3 heterocycles. The Morgan fingerprint density at radius 3 is 2.71 bits per heavy atom. The van der Waals surface area contributed by atoms with Crippen molar-refractivity contribution in [1.29, 1.82) is 0 Å². The molecule has 2 aromatic rings. The topological polar surface area (TPSA) is 75.1 Å². The molecular formula is C19H21Cl2N3O4. The third-order valence-electron chi connectivity index (χ3n) is 5.45. The quantitative estimate of drug-likeness (QED) is 0.814. The molecule has 0 radical (unpaired) electrons. The molecule has 7 nitrogen and oxygen atoms in total. The van der Waals surface area contributed by atoms with E-state index in [-0.39, 0.29) is 11.9 Å². The van der Waals surface area contributed by atoms with Crippen molar-refractivity contribution >= 4 is 45.8 Å². The van der Waals surface area contributed by atoms with Gasteiger partial charge in [-0.15, -0.1) is 0 Å². The average molecular weight is 426 g/mol. The highest BCUT2D eigenvalue weighted by molar-refractivity contribution is 6.46. The number of morpholine rings is 1. The summed E-state index contributed by atoms with van der Waals surface area (Å²) in [7, 11) is 1.53. The van der Waals surface area contributed by atoms with Crippen LogP contribution in [0.1, 0.15) is 24.1 Å². The number of hydrogen-bond donors (Lipinski definition) is 1. The maximum Gasteiger partial charge on any atom is 0.249 e. The molecule has 4 rings (SSSR count). The summed E-state index contributed by atoms with van der Waals surface area (Å²) in [5, 5.41) is 10.8. The molecule has 1 saturated heterocycles. The number of carbonyl (C=O) groups excluding carboxylic acids is 1. The number of carbonyl (C=O) groups is 1. The second-order valence-corrected chi connectivity index (χ2v) is 7.64. The number of ether oxygens (including phenoxy) is 2. The molecule has 2 aliphatic heterocycles. The first-order valence-corrected chi connectivity index (χ1v) is 9.85. The molecule has 1 N–H and O–H groups in total. The highest BCUT2D eigenvalue weighted by atomic mass is 35.5. The van der Waals surface area contributed by atoms with E-state index in [2.05, 4.69) is 4.90 Å². The minimum absolute atomic E-state index is 0.234. The van der Waals surface area contributed by atoms with Crippen molar-refractivity contribution < 1.29 is 19.4 Å². The summed E-state index contributed by atoms with van der Waals surface area (Å²) in [5.74, 6) is 0.923. The smallest absolute Gasteiger partial charge is 0.249 e. The predicted octanol–water partition coefficient (Wildman–Crippen LogP) is 2.78. The molecule has 1 amide bonds. The van der Waals surface area contributed by atoms with Gasteiger partial charge in [0, 0.05) is 24.0 Å². The number of pyridine rings is 1. The van der Waals surface area contributed by atoms with E-state index < -0.39 is 6.61 Å². The van der Waals surface area contributed by atoms with Crippen molar-refractivity contribution in [3.63, 3.8) is 0 Å². The normalized spacial score (nSPS) is 19.2. The SMILES string of the molecule is COc1cc2c3c(c(N4CCOCC4)nc2c(Cl)c1Cl)CN(C(=O)CO)[C@H]3C. The van der Waals surface area contributed by atoms with Crippen LogP contribution in [0.5, 0.6) is 5.75 Å². The van der Waals surface area contributed by atoms with Gasteiger partial charge in [-0.1, -0.05) is 23.2 Å². The number of fused-ring (bicyclic) bond motifs is 3. The number of hydrogen-bond acceptors (Lipinski definition) is 6. The van der Waals surface area contributed by atoms with Gasteiger partial charge in [0.15, 0.2) is 0 Å². The highest BCUT2D eigenvalue weighted by Crippen LogP contribution is 2.47. The van der Waals surface area contributed by atoms with Gasteiger partial charge >= 0.3 is 0 Å². The number of rotatable bonds is 3.